The standard InChI is InChI=1S/C22H35F2N5O/c1-5-7-9-11-28(12-10-8-6-2)15-17(4)27-22(30)18-14-25-29-19(20(23)24)13-16(3)26-21(18)29/h13-14,17,20H,5-12,15H2,1-4H3,(H,27,30). The van der Waals surface area contributed by atoms with E-state index in [0.29, 0.717) is 5.69 Å². The van der Waals surface area contributed by atoms with Crippen LogP contribution < -0.4 is 5.32 Å². The Hall–Kier alpha value is -2.09. The number of halogens is 2. The van der Waals surface area contributed by atoms with Gasteiger partial charge < -0.3 is 10.2 Å². The topological polar surface area (TPSA) is 62.5 Å². The first-order valence-corrected chi connectivity index (χ1v) is 11.0. The van der Waals surface area contributed by atoms with Gasteiger partial charge in [-0.2, -0.15) is 5.10 Å². The molecule has 6 nitrogen and oxygen atoms in total. The van der Waals surface area contributed by atoms with Crippen LogP contribution in [0.15, 0.2) is 12.3 Å². The van der Waals surface area contributed by atoms with Crippen molar-refractivity contribution in [1.29, 1.82) is 0 Å². The summed E-state index contributed by atoms with van der Waals surface area (Å²) in [6, 6.07) is 1.22. The van der Waals surface area contributed by atoms with Crippen LogP contribution in [0.1, 0.15) is 87.5 Å². The molecule has 1 amide bonds. The van der Waals surface area contributed by atoms with Gasteiger partial charge in [-0.25, -0.2) is 18.3 Å². The van der Waals surface area contributed by atoms with Crippen LogP contribution in [0.4, 0.5) is 8.78 Å². The number of alkyl halides is 2. The first kappa shape index (κ1) is 24.2. The lowest BCUT2D eigenvalue weighted by Gasteiger charge is -2.26. The van der Waals surface area contributed by atoms with Crippen molar-refractivity contribution < 1.29 is 13.6 Å². The molecule has 2 aromatic heterocycles. The maximum Gasteiger partial charge on any atom is 0.280 e. The zero-order valence-corrected chi connectivity index (χ0v) is 18.6. The van der Waals surface area contributed by atoms with Crippen LogP contribution in [0.3, 0.4) is 0 Å². The van der Waals surface area contributed by atoms with Crippen molar-refractivity contribution in [1.82, 2.24) is 24.8 Å². The zero-order chi connectivity index (χ0) is 22.1. The number of amides is 1. The van der Waals surface area contributed by atoms with Crippen molar-refractivity contribution >= 4 is 11.6 Å². The van der Waals surface area contributed by atoms with Crippen LogP contribution in [0.5, 0.6) is 0 Å². The second kappa shape index (κ2) is 11.9. The predicted molar refractivity (Wildman–Crippen MR) is 115 cm³/mol. The average Bonchev–Trinajstić information content (AvgIpc) is 3.11. The van der Waals surface area contributed by atoms with Gasteiger partial charge in [0.1, 0.15) is 11.3 Å². The van der Waals surface area contributed by atoms with Crippen molar-refractivity contribution in [2.45, 2.75) is 78.7 Å². The van der Waals surface area contributed by atoms with Gasteiger partial charge in [-0.1, -0.05) is 39.5 Å². The third kappa shape index (κ3) is 6.72. The van der Waals surface area contributed by atoms with Crippen molar-refractivity contribution in [2.24, 2.45) is 0 Å². The molecular weight excluding hydrogens is 388 g/mol. The molecule has 0 aliphatic heterocycles. The fourth-order valence-electron chi connectivity index (χ4n) is 3.63. The molecule has 1 atom stereocenters. The molecule has 2 heterocycles. The molecule has 0 aromatic carbocycles. The van der Waals surface area contributed by atoms with E-state index in [1.54, 1.807) is 6.92 Å². The highest BCUT2D eigenvalue weighted by atomic mass is 19.3. The molecule has 0 bridgehead atoms. The maximum atomic E-state index is 13.3. The molecule has 2 aromatic rings. The number of carbonyl (C=O) groups excluding carboxylic acids is 1. The summed E-state index contributed by atoms with van der Waals surface area (Å²) in [6.45, 7) is 10.8. The summed E-state index contributed by atoms with van der Waals surface area (Å²) in [5.74, 6) is -0.335. The molecule has 0 radical (unpaired) electrons. The van der Waals surface area contributed by atoms with Crippen molar-refractivity contribution in [3.63, 3.8) is 0 Å². The molecule has 0 spiro atoms. The normalized spacial score (nSPS) is 12.8. The summed E-state index contributed by atoms with van der Waals surface area (Å²) in [7, 11) is 0. The number of unbranched alkanes of at least 4 members (excludes halogenated alkanes) is 4. The van der Waals surface area contributed by atoms with Gasteiger partial charge in [0.2, 0.25) is 0 Å². The van der Waals surface area contributed by atoms with Crippen LogP contribution in [0, 0.1) is 6.92 Å². The lowest BCUT2D eigenvalue weighted by atomic mass is 10.2. The van der Waals surface area contributed by atoms with Gasteiger partial charge in [0.25, 0.3) is 12.3 Å². The summed E-state index contributed by atoms with van der Waals surface area (Å²) >= 11 is 0. The maximum absolute atomic E-state index is 13.3. The number of nitrogens with one attached hydrogen (secondary N) is 1. The van der Waals surface area contributed by atoms with Gasteiger partial charge in [-0.15, -0.1) is 0 Å². The van der Waals surface area contributed by atoms with Crippen LogP contribution in [0.2, 0.25) is 0 Å². The largest absolute Gasteiger partial charge is 0.348 e. The Morgan fingerprint density at radius 2 is 1.80 bits per heavy atom. The van der Waals surface area contributed by atoms with Crippen LogP contribution in [-0.4, -0.2) is 51.1 Å². The van der Waals surface area contributed by atoms with Gasteiger partial charge in [-0.3, -0.25) is 4.79 Å². The SMILES string of the molecule is CCCCCN(CCCCC)CC(C)NC(=O)c1cnn2c(C(F)F)cc(C)nc12. The Morgan fingerprint density at radius 1 is 1.17 bits per heavy atom. The number of carbonyl (C=O) groups is 1. The Bertz CT molecular complexity index is 798. The second-order valence-corrected chi connectivity index (χ2v) is 8.01. The van der Waals surface area contributed by atoms with Crippen molar-refractivity contribution in [3.05, 3.63) is 29.2 Å². The van der Waals surface area contributed by atoms with Gasteiger partial charge in [0.05, 0.1) is 6.20 Å². The molecular formula is C22H35F2N5O. The van der Waals surface area contributed by atoms with Crippen molar-refractivity contribution in [3.8, 4) is 0 Å². The van der Waals surface area contributed by atoms with Gasteiger partial charge >= 0.3 is 0 Å². The van der Waals surface area contributed by atoms with E-state index in [4.69, 9.17) is 0 Å². The third-order valence-electron chi connectivity index (χ3n) is 5.16. The summed E-state index contributed by atoms with van der Waals surface area (Å²) < 4.78 is 27.7. The molecule has 0 aliphatic carbocycles. The Labute approximate surface area is 178 Å². The number of aromatic nitrogens is 3. The fraction of sp³-hybridized carbons (Fsp3) is 0.682. The first-order chi connectivity index (χ1) is 14.4. The Morgan fingerprint density at radius 3 is 2.37 bits per heavy atom. The van der Waals surface area contributed by atoms with E-state index in [0.717, 1.165) is 37.0 Å². The quantitative estimate of drug-likeness (QED) is 0.471. The first-order valence-electron chi connectivity index (χ1n) is 11.0. The number of hydrogen-bond donors (Lipinski definition) is 1. The summed E-state index contributed by atoms with van der Waals surface area (Å²) in [4.78, 5) is 19.5. The number of aryl methyl sites for hydroxylation is 1. The predicted octanol–water partition coefficient (Wildman–Crippen LogP) is 4.78. The van der Waals surface area contributed by atoms with Crippen LogP contribution in [0.25, 0.3) is 5.65 Å². The highest BCUT2D eigenvalue weighted by Gasteiger charge is 2.21. The summed E-state index contributed by atoms with van der Waals surface area (Å²) in [5.41, 5.74) is 0.551. The number of nitrogens with zero attached hydrogens (tertiary/aromatic N) is 4. The summed E-state index contributed by atoms with van der Waals surface area (Å²) in [5, 5.41) is 6.97. The van der Waals surface area contributed by atoms with Gasteiger partial charge in [-0.05, 0) is 45.8 Å². The van der Waals surface area contributed by atoms with E-state index in [2.05, 4.69) is 34.1 Å². The minimum Gasteiger partial charge on any atom is -0.348 e. The van der Waals surface area contributed by atoms with E-state index in [1.165, 1.54) is 37.9 Å². The van der Waals surface area contributed by atoms with Gasteiger partial charge in [0.15, 0.2) is 5.65 Å². The highest BCUT2D eigenvalue weighted by Crippen LogP contribution is 2.21. The van der Waals surface area contributed by atoms with E-state index in [1.807, 2.05) is 6.92 Å². The Balaban J connectivity index is 2.06. The molecule has 1 N–H and O–H groups in total. The molecule has 8 heteroatoms. The number of hydrogen-bond acceptors (Lipinski definition) is 4. The fourth-order valence-corrected chi connectivity index (χ4v) is 3.63. The van der Waals surface area contributed by atoms with E-state index < -0.39 is 6.43 Å². The third-order valence-corrected chi connectivity index (χ3v) is 5.16. The van der Waals surface area contributed by atoms with Crippen molar-refractivity contribution in [2.75, 3.05) is 19.6 Å². The molecule has 30 heavy (non-hydrogen) atoms. The monoisotopic (exact) mass is 423 g/mol. The van der Waals surface area contributed by atoms with Crippen LogP contribution in [-0.2, 0) is 0 Å². The highest BCUT2D eigenvalue weighted by molar-refractivity contribution is 5.99. The lowest BCUT2D eigenvalue weighted by Crippen LogP contribution is -2.42. The van der Waals surface area contributed by atoms with E-state index in [-0.39, 0.29) is 28.9 Å². The number of fused-ring (bicyclic) bond motifs is 1. The summed E-state index contributed by atoms with van der Waals surface area (Å²) in [6.07, 6.45) is 5.68. The number of rotatable bonds is 13. The molecule has 168 valence electrons. The van der Waals surface area contributed by atoms with E-state index >= 15 is 0 Å². The van der Waals surface area contributed by atoms with Crippen LogP contribution >= 0.6 is 0 Å². The molecule has 0 saturated carbocycles. The molecule has 0 fully saturated rings. The molecule has 0 aliphatic rings. The average molecular weight is 424 g/mol. The van der Waals surface area contributed by atoms with E-state index in [9.17, 15) is 13.6 Å². The molecule has 2 rings (SSSR count). The second-order valence-electron chi connectivity index (χ2n) is 8.01. The zero-order valence-electron chi connectivity index (χ0n) is 18.6. The smallest absolute Gasteiger partial charge is 0.280 e. The molecule has 0 saturated heterocycles. The molecule has 1 unspecified atom stereocenters. The van der Waals surface area contributed by atoms with Gasteiger partial charge in [0, 0.05) is 18.3 Å². The minimum atomic E-state index is -2.69. The Kier molecular flexibility index (Phi) is 9.62. The minimum absolute atomic E-state index is 0.0740. The lowest BCUT2D eigenvalue weighted by molar-refractivity contribution is 0.0929.